The minimum atomic E-state index is -0.494. The van der Waals surface area contributed by atoms with E-state index in [0.717, 1.165) is 17.0 Å². The minimum Gasteiger partial charge on any atom is -1.00 e. The molecule has 0 aliphatic carbocycles. The summed E-state index contributed by atoms with van der Waals surface area (Å²) in [6.07, 6.45) is -0.640. The van der Waals surface area contributed by atoms with E-state index in [0.29, 0.717) is 4.48 Å². The minimum absolute atomic E-state index is 0. The summed E-state index contributed by atoms with van der Waals surface area (Å²) in [5, 5.41) is 9.91. The van der Waals surface area contributed by atoms with Crippen molar-refractivity contribution in [3.63, 3.8) is 0 Å². The SMILES string of the molecule is C[C@H]1Oc2c(cccc2[N+](C)(C)C)[C@@H]1O.[I-]. The van der Waals surface area contributed by atoms with Gasteiger partial charge in [0.05, 0.1) is 21.1 Å². The van der Waals surface area contributed by atoms with Crippen molar-refractivity contribution in [2.24, 2.45) is 0 Å². The van der Waals surface area contributed by atoms with Gasteiger partial charge in [-0.05, 0) is 6.92 Å². The molecule has 1 aliphatic rings. The number of aliphatic hydroxyl groups is 1. The second-order valence-corrected chi connectivity index (χ2v) is 4.98. The van der Waals surface area contributed by atoms with Gasteiger partial charge in [0.25, 0.3) is 0 Å². The predicted octanol–water partition coefficient (Wildman–Crippen LogP) is -1.30. The maximum Gasteiger partial charge on any atom is 0.186 e. The van der Waals surface area contributed by atoms with Gasteiger partial charge in [-0.25, -0.2) is 0 Å². The van der Waals surface area contributed by atoms with Gasteiger partial charge in [0, 0.05) is 11.6 Å². The Hall–Kier alpha value is -0.330. The number of fused-ring (bicyclic) bond motifs is 1. The van der Waals surface area contributed by atoms with Crippen LogP contribution in [0.1, 0.15) is 18.6 Å². The third kappa shape index (κ3) is 2.19. The zero-order chi connectivity index (χ0) is 11.2. The largest absolute Gasteiger partial charge is 1.00 e. The number of ether oxygens (including phenoxy) is 1. The molecule has 0 bridgehead atoms. The third-order valence-corrected chi connectivity index (χ3v) is 2.81. The van der Waals surface area contributed by atoms with Crippen molar-refractivity contribution < 1.29 is 33.8 Å². The summed E-state index contributed by atoms with van der Waals surface area (Å²) in [7, 11) is 6.27. The maximum absolute atomic E-state index is 9.91. The first-order valence-corrected chi connectivity index (χ1v) is 5.21. The number of quaternary nitrogens is 1. The van der Waals surface area contributed by atoms with Crippen LogP contribution in [-0.4, -0.2) is 32.4 Å². The van der Waals surface area contributed by atoms with E-state index >= 15 is 0 Å². The lowest BCUT2D eigenvalue weighted by Gasteiger charge is -2.25. The van der Waals surface area contributed by atoms with Gasteiger partial charge < -0.3 is 33.8 Å². The van der Waals surface area contributed by atoms with E-state index in [-0.39, 0.29) is 30.1 Å². The molecule has 3 nitrogen and oxygen atoms in total. The fraction of sp³-hybridized carbons (Fsp3) is 0.500. The van der Waals surface area contributed by atoms with Gasteiger partial charge in [-0.3, -0.25) is 4.48 Å². The van der Waals surface area contributed by atoms with Crippen LogP contribution in [0.3, 0.4) is 0 Å². The van der Waals surface area contributed by atoms with Crippen LogP contribution in [0.2, 0.25) is 0 Å². The maximum atomic E-state index is 9.91. The van der Waals surface area contributed by atoms with Gasteiger partial charge in [-0.2, -0.15) is 0 Å². The molecule has 0 fully saturated rings. The number of hydrogen-bond acceptors (Lipinski definition) is 2. The fourth-order valence-electron chi connectivity index (χ4n) is 1.93. The summed E-state index contributed by atoms with van der Waals surface area (Å²) in [4.78, 5) is 0. The molecule has 16 heavy (non-hydrogen) atoms. The molecule has 2 rings (SSSR count). The fourth-order valence-corrected chi connectivity index (χ4v) is 1.93. The highest BCUT2D eigenvalue weighted by Crippen LogP contribution is 2.43. The summed E-state index contributed by atoms with van der Waals surface area (Å²) in [6.45, 7) is 1.89. The van der Waals surface area contributed by atoms with Crippen LogP contribution in [0.15, 0.2) is 18.2 Å². The summed E-state index contributed by atoms with van der Waals surface area (Å²) >= 11 is 0. The number of benzene rings is 1. The molecular weight excluding hydrogens is 317 g/mol. The highest BCUT2D eigenvalue weighted by atomic mass is 127. The first-order chi connectivity index (χ1) is 6.91. The normalized spacial score (nSPS) is 23.3. The van der Waals surface area contributed by atoms with Gasteiger partial charge in [0.15, 0.2) is 11.4 Å². The molecule has 0 saturated heterocycles. The molecule has 0 amide bonds. The van der Waals surface area contributed by atoms with Crippen molar-refractivity contribution >= 4 is 5.69 Å². The Morgan fingerprint density at radius 3 is 2.44 bits per heavy atom. The topological polar surface area (TPSA) is 29.5 Å². The van der Waals surface area contributed by atoms with E-state index in [4.69, 9.17) is 4.74 Å². The van der Waals surface area contributed by atoms with E-state index in [1.165, 1.54) is 0 Å². The van der Waals surface area contributed by atoms with E-state index in [1.807, 2.05) is 25.1 Å². The van der Waals surface area contributed by atoms with Gasteiger partial charge in [-0.15, -0.1) is 0 Å². The van der Waals surface area contributed by atoms with E-state index in [9.17, 15) is 5.11 Å². The summed E-state index contributed by atoms with van der Waals surface area (Å²) in [6, 6.07) is 5.95. The molecular formula is C12H18INO2. The Kier molecular flexibility index (Phi) is 3.87. The quantitative estimate of drug-likeness (QED) is 0.511. The Bertz CT molecular complexity index is 387. The summed E-state index contributed by atoms with van der Waals surface area (Å²) < 4.78 is 6.41. The molecule has 0 radical (unpaired) electrons. The number of rotatable bonds is 1. The van der Waals surface area contributed by atoms with E-state index in [2.05, 4.69) is 21.1 Å². The van der Waals surface area contributed by atoms with Crippen LogP contribution >= 0.6 is 0 Å². The average molecular weight is 335 g/mol. The van der Waals surface area contributed by atoms with Crippen molar-refractivity contribution in [3.8, 4) is 5.75 Å². The first-order valence-electron chi connectivity index (χ1n) is 5.21. The number of aliphatic hydroxyl groups excluding tert-OH is 1. The van der Waals surface area contributed by atoms with Crippen molar-refractivity contribution in [2.45, 2.75) is 19.1 Å². The molecule has 0 saturated carbocycles. The van der Waals surface area contributed by atoms with Crippen molar-refractivity contribution in [1.82, 2.24) is 4.48 Å². The Balaban J connectivity index is 0.00000128. The summed E-state index contributed by atoms with van der Waals surface area (Å²) in [5.41, 5.74) is 2.02. The van der Waals surface area contributed by atoms with Crippen LogP contribution in [0.5, 0.6) is 5.75 Å². The third-order valence-electron chi connectivity index (χ3n) is 2.81. The molecule has 0 aromatic heterocycles. The second-order valence-electron chi connectivity index (χ2n) is 4.98. The van der Waals surface area contributed by atoms with Crippen molar-refractivity contribution in [3.05, 3.63) is 23.8 Å². The first kappa shape index (κ1) is 13.7. The molecule has 1 aliphatic heterocycles. The molecule has 1 aromatic rings. The average Bonchev–Trinajstić information content (AvgIpc) is 2.41. The molecule has 1 N–H and O–H groups in total. The highest BCUT2D eigenvalue weighted by molar-refractivity contribution is 5.61. The van der Waals surface area contributed by atoms with Crippen LogP contribution in [0, 0.1) is 0 Å². The molecule has 2 atom stereocenters. The van der Waals surface area contributed by atoms with Gasteiger partial charge >= 0.3 is 0 Å². The smallest absolute Gasteiger partial charge is 0.186 e. The summed E-state index contributed by atoms with van der Waals surface area (Å²) in [5.74, 6) is 0.852. The lowest BCUT2D eigenvalue weighted by molar-refractivity contribution is -0.00000495. The number of nitrogens with zero attached hydrogens (tertiary/aromatic N) is 1. The van der Waals surface area contributed by atoms with E-state index < -0.39 is 6.10 Å². The Morgan fingerprint density at radius 2 is 1.88 bits per heavy atom. The zero-order valence-electron chi connectivity index (χ0n) is 10.1. The molecule has 1 aromatic carbocycles. The van der Waals surface area contributed by atoms with Crippen LogP contribution in [0.4, 0.5) is 5.69 Å². The van der Waals surface area contributed by atoms with Gasteiger partial charge in [0.1, 0.15) is 12.2 Å². The predicted molar refractivity (Wildman–Crippen MR) is 61.1 cm³/mol. The molecule has 1 heterocycles. The van der Waals surface area contributed by atoms with E-state index in [1.54, 1.807) is 0 Å². The van der Waals surface area contributed by atoms with Gasteiger partial charge in [-0.1, -0.05) is 12.1 Å². The van der Waals surface area contributed by atoms with Crippen molar-refractivity contribution in [2.75, 3.05) is 21.1 Å². The molecule has 0 spiro atoms. The second kappa shape index (κ2) is 4.50. The molecule has 4 heteroatoms. The molecule has 0 unspecified atom stereocenters. The lowest BCUT2D eigenvalue weighted by atomic mass is 10.1. The van der Waals surface area contributed by atoms with Gasteiger partial charge in [0.2, 0.25) is 0 Å². The van der Waals surface area contributed by atoms with Crippen LogP contribution in [0.25, 0.3) is 0 Å². The highest BCUT2D eigenvalue weighted by Gasteiger charge is 2.34. The van der Waals surface area contributed by atoms with Crippen LogP contribution in [-0.2, 0) is 0 Å². The Labute approximate surface area is 114 Å². The lowest BCUT2D eigenvalue weighted by Crippen LogP contribution is -3.00. The number of para-hydroxylation sites is 1. The van der Waals surface area contributed by atoms with Crippen molar-refractivity contribution in [1.29, 1.82) is 0 Å². The monoisotopic (exact) mass is 335 g/mol. The Morgan fingerprint density at radius 1 is 1.25 bits per heavy atom. The molecule has 90 valence electrons. The van der Waals surface area contributed by atoms with Crippen LogP contribution < -0.4 is 33.2 Å². The standard InChI is InChI=1S/C12H18NO2.HI/c1-8-11(14)9-6-5-7-10(12(9)15-8)13(2,3)4;/h5-8,11,14H,1-4H3;1H/q+1;/p-1/t8-,11-;/m1./s1. The zero-order valence-corrected chi connectivity index (χ0v) is 12.2. The number of hydrogen-bond donors (Lipinski definition) is 1. The number of halogens is 1.